The number of allylic oxidation sites excluding steroid dienone is 1. The fourth-order valence-electron chi connectivity index (χ4n) is 1.64. The molecule has 0 aromatic rings. The van der Waals surface area contributed by atoms with Gasteiger partial charge in [0.25, 0.3) is 0 Å². The highest BCUT2D eigenvalue weighted by Gasteiger charge is 2.18. The molecule has 1 aliphatic rings. The molecule has 0 radical (unpaired) electrons. The van der Waals surface area contributed by atoms with E-state index in [1.54, 1.807) is 0 Å². The minimum absolute atomic E-state index is 0.614. The maximum absolute atomic E-state index is 5.59. The normalized spacial score (nSPS) is 18.6. The van der Waals surface area contributed by atoms with E-state index in [4.69, 9.17) is 4.74 Å². The van der Waals surface area contributed by atoms with Gasteiger partial charge >= 0.3 is 0 Å². The maximum Gasteiger partial charge on any atom is 0.0919 e. The first-order chi connectivity index (χ1) is 5.70. The summed E-state index contributed by atoms with van der Waals surface area (Å²) in [5.41, 5.74) is 0. The summed E-state index contributed by atoms with van der Waals surface area (Å²) in [5, 5.41) is 0. The fraction of sp³-hybridized carbons (Fsp3) is 0.818. The molecule has 0 amide bonds. The molecule has 1 heteroatoms. The van der Waals surface area contributed by atoms with E-state index in [0.29, 0.717) is 11.8 Å². The van der Waals surface area contributed by atoms with E-state index in [-0.39, 0.29) is 0 Å². The fourth-order valence-corrected chi connectivity index (χ4v) is 1.64. The largest absolute Gasteiger partial charge is 0.498 e. The third-order valence-electron chi connectivity index (χ3n) is 2.41. The molecule has 0 spiro atoms. The molecule has 1 nitrogen and oxygen atoms in total. The van der Waals surface area contributed by atoms with Crippen molar-refractivity contribution < 1.29 is 4.74 Å². The van der Waals surface area contributed by atoms with Crippen molar-refractivity contribution in [3.63, 3.8) is 0 Å². The minimum Gasteiger partial charge on any atom is -0.498 e. The number of ether oxygens (including phenoxy) is 1. The van der Waals surface area contributed by atoms with Gasteiger partial charge in [-0.15, -0.1) is 0 Å². The van der Waals surface area contributed by atoms with Crippen molar-refractivity contribution in [2.75, 3.05) is 6.61 Å². The second kappa shape index (κ2) is 4.54. The van der Waals surface area contributed by atoms with Crippen LogP contribution in [-0.2, 0) is 4.74 Å². The second-order valence-electron chi connectivity index (χ2n) is 4.15. The SMILES string of the molecule is C=C(OCC(C)C)C1CCCC1. The summed E-state index contributed by atoms with van der Waals surface area (Å²) in [6.45, 7) is 9.15. The smallest absolute Gasteiger partial charge is 0.0919 e. The zero-order valence-electron chi connectivity index (χ0n) is 8.31. The Morgan fingerprint density at radius 1 is 1.42 bits per heavy atom. The van der Waals surface area contributed by atoms with Crippen LogP contribution in [0.25, 0.3) is 0 Å². The molecule has 0 aromatic heterocycles. The van der Waals surface area contributed by atoms with Gasteiger partial charge in [0.2, 0.25) is 0 Å². The summed E-state index contributed by atoms with van der Waals surface area (Å²) in [6.07, 6.45) is 5.29. The molecule has 12 heavy (non-hydrogen) atoms. The van der Waals surface area contributed by atoms with Crippen molar-refractivity contribution in [3.05, 3.63) is 12.3 Å². The average Bonchev–Trinajstić information content (AvgIpc) is 2.51. The van der Waals surface area contributed by atoms with Crippen molar-refractivity contribution in [3.8, 4) is 0 Å². The molecule has 0 aliphatic heterocycles. The van der Waals surface area contributed by atoms with Crippen LogP contribution in [0.3, 0.4) is 0 Å². The van der Waals surface area contributed by atoms with Gasteiger partial charge in [0.15, 0.2) is 0 Å². The summed E-state index contributed by atoms with van der Waals surface area (Å²) in [6, 6.07) is 0. The molecule has 0 aromatic carbocycles. The Labute approximate surface area is 75.8 Å². The third-order valence-corrected chi connectivity index (χ3v) is 2.41. The van der Waals surface area contributed by atoms with Crippen LogP contribution in [0.15, 0.2) is 12.3 Å². The molecule has 0 N–H and O–H groups in total. The second-order valence-corrected chi connectivity index (χ2v) is 4.15. The third kappa shape index (κ3) is 2.88. The molecule has 0 heterocycles. The molecule has 0 unspecified atom stereocenters. The lowest BCUT2D eigenvalue weighted by atomic mass is 10.1. The first-order valence-corrected chi connectivity index (χ1v) is 5.01. The summed E-state index contributed by atoms with van der Waals surface area (Å²) in [4.78, 5) is 0. The average molecular weight is 168 g/mol. The van der Waals surface area contributed by atoms with Gasteiger partial charge in [-0.2, -0.15) is 0 Å². The van der Waals surface area contributed by atoms with E-state index >= 15 is 0 Å². The quantitative estimate of drug-likeness (QED) is 0.585. The number of rotatable bonds is 4. The van der Waals surface area contributed by atoms with Crippen LogP contribution in [0.2, 0.25) is 0 Å². The van der Waals surface area contributed by atoms with Gasteiger partial charge in [-0.1, -0.05) is 33.3 Å². The van der Waals surface area contributed by atoms with Crippen molar-refractivity contribution in [2.45, 2.75) is 39.5 Å². The van der Waals surface area contributed by atoms with E-state index in [1.807, 2.05) is 0 Å². The van der Waals surface area contributed by atoms with Gasteiger partial charge in [-0.3, -0.25) is 0 Å². The summed E-state index contributed by atoms with van der Waals surface area (Å²) < 4.78 is 5.59. The molecule has 0 saturated heterocycles. The summed E-state index contributed by atoms with van der Waals surface area (Å²) in [7, 11) is 0. The van der Waals surface area contributed by atoms with Crippen LogP contribution in [0.1, 0.15) is 39.5 Å². The first kappa shape index (κ1) is 9.63. The monoisotopic (exact) mass is 168 g/mol. The maximum atomic E-state index is 5.59. The van der Waals surface area contributed by atoms with Crippen LogP contribution in [0.4, 0.5) is 0 Å². The molecular weight excluding hydrogens is 148 g/mol. The van der Waals surface area contributed by atoms with Gasteiger partial charge in [-0.25, -0.2) is 0 Å². The van der Waals surface area contributed by atoms with Crippen molar-refractivity contribution in [2.24, 2.45) is 11.8 Å². The van der Waals surface area contributed by atoms with Crippen molar-refractivity contribution in [1.29, 1.82) is 0 Å². The van der Waals surface area contributed by atoms with Crippen LogP contribution >= 0.6 is 0 Å². The Kier molecular flexibility index (Phi) is 3.64. The van der Waals surface area contributed by atoms with Gasteiger partial charge in [-0.05, 0) is 18.8 Å². The molecule has 0 atom stereocenters. The zero-order valence-corrected chi connectivity index (χ0v) is 8.31. The summed E-state index contributed by atoms with van der Waals surface area (Å²) in [5.74, 6) is 2.30. The van der Waals surface area contributed by atoms with Gasteiger partial charge in [0.05, 0.1) is 12.4 Å². The van der Waals surface area contributed by atoms with E-state index in [0.717, 1.165) is 12.4 Å². The summed E-state index contributed by atoms with van der Waals surface area (Å²) >= 11 is 0. The molecular formula is C11H20O. The predicted octanol–water partition coefficient (Wildman–Crippen LogP) is 3.36. The lowest BCUT2D eigenvalue weighted by Gasteiger charge is -2.15. The standard InChI is InChI=1S/C11H20O/c1-9(2)8-12-10(3)11-6-4-5-7-11/h9,11H,3-8H2,1-2H3. The molecule has 1 rings (SSSR count). The van der Waals surface area contributed by atoms with Gasteiger partial charge in [0, 0.05) is 5.92 Å². The van der Waals surface area contributed by atoms with Crippen LogP contribution in [-0.4, -0.2) is 6.61 Å². The predicted molar refractivity (Wildman–Crippen MR) is 51.9 cm³/mol. The Hall–Kier alpha value is -0.460. The number of hydrogen-bond acceptors (Lipinski definition) is 1. The lowest BCUT2D eigenvalue weighted by molar-refractivity contribution is 0.152. The van der Waals surface area contributed by atoms with Crippen LogP contribution in [0, 0.1) is 11.8 Å². The zero-order chi connectivity index (χ0) is 8.97. The molecule has 0 bridgehead atoms. The Bertz CT molecular complexity index is 143. The molecule has 1 saturated carbocycles. The van der Waals surface area contributed by atoms with Crippen molar-refractivity contribution >= 4 is 0 Å². The lowest BCUT2D eigenvalue weighted by Crippen LogP contribution is -2.06. The first-order valence-electron chi connectivity index (χ1n) is 5.01. The van der Waals surface area contributed by atoms with Gasteiger partial charge in [0.1, 0.15) is 0 Å². The van der Waals surface area contributed by atoms with Crippen LogP contribution < -0.4 is 0 Å². The highest BCUT2D eigenvalue weighted by Crippen LogP contribution is 2.30. The Morgan fingerprint density at radius 3 is 2.50 bits per heavy atom. The Morgan fingerprint density at radius 2 is 2.00 bits per heavy atom. The molecule has 70 valence electrons. The highest BCUT2D eigenvalue weighted by atomic mass is 16.5. The van der Waals surface area contributed by atoms with Gasteiger partial charge < -0.3 is 4.74 Å². The van der Waals surface area contributed by atoms with E-state index in [9.17, 15) is 0 Å². The van der Waals surface area contributed by atoms with E-state index in [1.165, 1.54) is 25.7 Å². The molecule has 1 fully saturated rings. The van der Waals surface area contributed by atoms with Crippen LogP contribution in [0.5, 0.6) is 0 Å². The van der Waals surface area contributed by atoms with E-state index < -0.39 is 0 Å². The Balaban J connectivity index is 2.18. The minimum atomic E-state index is 0.614. The highest BCUT2D eigenvalue weighted by molar-refractivity contribution is 4.93. The van der Waals surface area contributed by atoms with Crippen molar-refractivity contribution in [1.82, 2.24) is 0 Å². The van der Waals surface area contributed by atoms with E-state index in [2.05, 4.69) is 20.4 Å². The topological polar surface area (TPSA) is 9.23 Å². The number of hydrogen-bond donors (Lipinski definition) is 0. The molecule has 1 aliphatic carbocycles.